The van der Waals surface area contributed by atoms with Crippen molar-refractivity contribution in [3.63, 3.8) is 0 Å². The second kappa shape index (κ2) is 8.30. The van der Waals surface area contributed by atoms with E-state index in [-0.39, 0.29) is 27.3 Å². The molecule has 1 aliphatic rings. The molecule has 25 heavy (non-hydrogen) atoms. The van der Waals surface area contributed by atoms with Gasteiger partial charge in [-0.1, -0.05) is 29.1 Å². The smallest absolute Gasteiger partial charge is 0.325 e. The second-order valence-corrected chi connectivity index (χ2v) is 6.46. The number of hydrogen-bond donors (Lipinski definition) is 0. The second-order valence-electron chi connectivity index (χ2n) is 4.65. The van der Waals surface area contributed by atoms with Crippen LogP contribution in [0, 0.1) is 12.3 Å². The lowest BCUT2D eigenvalue weighted by molar-refractivity contribution is -0.143. The Balaban J connectivity index is 2.26. The Bertz CT molecular complexity index is 792. The van der Waals surface area contributed by atoms with E-state index >= 15 is 0 Å². The number of carbonyl (C=O) groups is 3. The number of methoxy groups -OCH3 is 1. The third-order valence-corrected chi connectivity index (χ3v) is 4.48. The highest BCUT2D eigenvalue weighted by Crippen LogP contribution is 2.37. The van der Waals surface area contributed by atoms with Gasteiger partial charge in [0, 0.05) is 0 Å². The minimum atomic E-state index is -0.690. The Kier molecular flexibility index (Phi) is 6.37. The topological polar surface area (TPSA) is 72.9 Å². The Morgan fingerprint density at radius 3 is 2.56 bits per heavy atom. The Labute approximate surface area is 158 Å². The molecule has 0 aromatic heterocycles. The van der Waals surface area contributed by atoms with Crippen LogP contribution < -0.4 is 4.74 Å². The predicted octanol–water partition coefficient (Wildman–Crippen LogP) is 3.21. The molecule has 1 heterocycles. The Morgan fingerprint density at radius 1 is 1.36 bits per heavy atom. The zero-order valence-electron chi connectivity index (χ0n) is 12.9. The summed E-state index contributed by atoms with van der Waals surface area (Å²) in [4.78, 5) is 36.3. The quantitative estimate of drug-likeness (QED) is 0.429. The molecule has 2 amide bonds. The van der Waals surface area contributed by atoms with E-state index < -0.39 is 23.7 Å². The van der Waals surface area contributed by atoms with Gasteiger partial charge >= 0.3 is 5.97 Å². The first-order valence-electron chi connectivity index (χ1n) is 6.75. The number of rotatable bonds is 5. The minimum Gasteiger partial charge on any atom is -0.478 e. The molecule has 1 saturated heterocycles. The van der Waals surface area contributed by atoms with Gasteiger partial charge in [-0.05, 0) is 35.5 Å². The third-order valence-electron chi connectivity index (χ3n) is 3.01. The summed E-state index contributed by atoms with van der Waals surface area (Å²) in [5.41, 5.74) is 0.492. The van der Waals surface area contributed by atoms with Crippen molar-refractivity contribution in [1.29, 1.82) is 0 Å². The average Bonchev–Trinajstić information content (AvgIpc) is 2.81. The van der Waals surface area contributed by atoms with Gasteiger partial charge < -0.3 is 9.47 Å². The molecule has 6 nitrogen and oxygen atoms in total. The van der Waals surface area contributed by atoms with Gasteiger partial charge in [-0.15, -0.1) is 6.42 Å². The molecule has 0 bridgehead atoms. The highest BCUT2D eigenvalue weighted by Gasteiger charge is 2.36. The van der Waals surface area contributed by atoms with E-state index in [4.69, 9.17) is 34.4 Å². The van der Waals surface area contributed by atoms with Gasteiger partial charge in [0.25, 0.3) is 11.1 Å². The van der Waals surface area contributed by atoms with E-state index in [1.54, 1.807) is 0 Å². The van der Waals surface area contributed by atoms with E-state index in [1.165, 1.54) is 25.3 Å². The fourth-order valence-electron chi connectivity index (χ4n) is 1.90. The lowest BCUT2D eigenvalue weighted by Gasteiger charge is -2.10. The van der Waals surface area contributed by atoms with Gasteiger partial charge in [0.05, 0.1) is 22.1 Å². The number of imide groups is 1. The fraction of sp³-hybridized carbons (Fsp3) is 0.188. The first-order chi connectivity index (χ1) is 11.9. The van der Waals surface area contributed by atoms with E-state index in [9.17, 15) is 14.4 Å². The summed E-state index contributed by atoms with van der Waals surface area (Å²) in [5, 5.41) is -0.140. The van der Waals surface area contributed by atoms with Gasteiger partial charge in [0.1, 0.15) is 13.2 Å². The van der Waals surface area contributed by atoms with Crippen LogP contribution in [0.25, 0.3) is 6.08 Å². The monoisotopic (exact) mass is 399 g/mol. The Morgan fingerprint density at radius 2 is 2.00 bits per heavy atom. The van der Waals surface area contributed by atoms with E-state index in [0.717, 1.165) is 4.90 Å². The zero-order valence-corrected chi connectivity index (χ0v) is 15.2. The van der Waals surface area contributed by atoms with Gasteiger partial charge in [-0.2, -0.15) is 0 Å². The van der Waals surface area contributed by atoms with Crippen LogP contribution >= 0.6 is 35.0 Å². The SMILES string of the molecule is C#CCOc1c(Cl)cc(/C=C2\SC(=O)N(CC(=O)OC)C2=O)cc1Cl. The van der Waals surface area contributed by atoms with Crippen LogP contribution in [0.3, 0.4) is 0 Å². The zero-order chi connectivity index (χ0) is 18.6. The van der Waals surface area contributed by atoms with E-state index in [0.29, 0.717) is 17.3 Å². The summed E-state index contributed by atoms with van der Waals surface area (Å²) < 4.78 is 9.71. The van der Waals surface area contributed by atoms with Crippen molar-refractivity contribution in [3.8, 4) is 18.1 Å². The predicted molar refractivity (Wildman–Crippen MR) is 95.5 cm³/mol. The number of esters is 1. The van der Waals surface area contributed by atoms with E-state index in [1.807, 2.05) is 0 Å². The summed E-state index contributed by atoms with van der Waals surface area (Å²) in [6.45, 7) is -0.440. The van der Waals surface area contributed by atoms with Crippen LogP contribution in [0.4, 0.5) is 4.79 Å². The molecule has 1 aromatic rings. The third kappa shape index (κ3) is 4.48. The number of carbonyl (C=O) groups excluding carboxylic acids is 3. The number of nitrogens with zero attached hydrogens (tertiary/aromatic N) is 1. The number of hydrogen-bond acceptors (Lipinski definition) is 6. The number of terminal acetylenes is 1. The molecule has 0 unspecified atom stereocenters. The molecule has 130 valence electrons. The number of thioether (sulfide) groups is 1. The largest absolute Gasteiger partial charge is 0.478 e. The maximum absolute atomic E-state index is 12.2. The highest BCUT2D eigenvalue weighted by molar-refractivity contribution is 8.18. The molecule has 1 aliphatic heterocycles. The summed E-state index contributed by atoms with van der Waals surface area (Å²) in [5.74, 6) is 1.25. The first-order valence-corrected chi connectivity index (χ1v) is 8.32. The van der Waals surface area contributed by atoms with Crippen molar-refractivity contribution in [2.45, 2.75) is 0 Å². The van der Waals surface area contributed by atoms with Crippen LogP contribution in [-0.4, -0.2) is 42.3 Å². The summed E-state index contributed by atoms with van der Waals surface area (Å²) >= 11 is 12.9. The highest BCUT2D eigenvalue weighted by atomic mass is 35.5. The maximum atomic E-state index is 12.2. The van der Waals surface area contributed by atoms with Crippen molar-refractivity contribution in [1.82, 2.24) is 4.90 Å². The molecule has 0 atom stereocenters. The molecule has 0 spiro atoms. The van der Waals surface area contributed by atoms with Gasteiger partial charge in [-0.25, -0.2) is 0 Å². The molecular weight excluding hydrogens is 389 g/mol. The molecule has 1 fully saturated rings. The summed E-state index contributed by atoms with van der Waals surface area (Å²) in [6, 6.07) is 3.04. The number of halogens is 2. The maximum Gasteiger partial charge on any atom is 0.325 e. The molecule has 0 N–H and O–H groups in total. The minimum absolute atomic E-state index is 0.00516. The van der Waals surface area contributed by atoms with Crippen molar-refractivity contribution in [2.75, 3.05) is 20.3 Å². The van der Waals surface area contributed by atoms with Gasteiger partial charge in [0.15, 0.2) is 5.75 Å². The normalized spacial score (nSPS) is 15.4. The summed E-state index contributed by atoms with van der Waals surface area (Å²) in [6.07, 6.45) is 6.57. The first kappa shape index (κ1) is 19.2. The van der Waals surface area contributed by atoms with Crippen LogP contribution in [0.1, 0.15) is 5.56 Å². The molecule has 1 aromatic carbocycles. The van der Waals surface area contributed by atoms with Crippen LogP contribution in [0.2, 0.25) is 10.0 Å². The van der Waals surface area contributed by atoms with Crippen molar-refractivity contribution in [3.05, 3.63) is 32.6 Å². The van der Waals surface area contributed by atoms with Crippen molar-refractivity contribution >= 4 is 58.2 Å². The van der Waals surface area contributed by atoms with Crippen molar-refractivity contribution in [2.24, 2.45) is 0 Å². The average molecular weight is 400 g/mol. The van der Waals surface area contributed by atoms with Gasteiger partial charge in [-0.3, -0.25) is 19.3 Å². The Hall–Kier alpha value is -2.14. The molecule has 0 saturated carbocycles. The number of amides is 2. The standard InChI is InChI=1S/C16H11Cl2NO5S/c1-3-4-24-14-10(17)5-9(6-11(14)18)7-12-15(21)19(16(22)25-12)8-13(20)23-2/h1,5-7H,4,8H2,2H3/b12-7-. The lowest BCUT2D eigenvalue weighted by atomic mass is 10.2. The number of ether oxygens (including phenoxy) is 2. The summed E-state index contributed by atoms with van der Waals surface area (Å²) in [7, 11) is 1.17. The lowest BCUT2D eigenvalue weighted by Crippen LogP contribution is -2.34. The molecule has 9 heteroatoms. The van der Waals surface area contributed by atoms with Crippen LogP contribution in [0.5, 0.6) is 5.75 Å². The van der Waals surface area contributed by atoms with E-state index in [2.05, 4.69) is 10.7 Å². The molecular formula is C16H11Cl2NO5S. The number of benzene rings is 1. The molecule has 0 aliphatic carbocycles. The van der Waals surface area contributed by atoms with Crippen LogP contribution in [0.15, 0.2) is 17.0 Å². The fourth-order valence-corrected chi connectivity index (χ4v) is 3.35. The molecule has 0 radical (unpaired) electrons. The van der Waals surface area contributed by atoms with Crippen LogP contribution in [-0.2, 0) is 14.3 Å². The van der Waals surface area contributed by atoms with Gasteiger partial charge in [0.2, 0.25) is 0 Å². The molecule has 2 rings (SSSR count). The van der Waals surface area contributed by atoms with Crippen molar-refractivity contribution < 1.29 is 23.9 Å².